The van der Waals surface area contributed by atoms with E-state index in [1.54, 1.807) is 29.1 Å². The molecule has 7 nitrogen and oxygen atoms in total. The summed E-state index contributed by atoms with van der Waals surface area (Å²) in [6, 6.07) is 3.21. The van der Waals surface area contributed by atoms with Crippen molar-refractivity contribution in [2.45, 2.75) is 13.3 Å². The third kappa shape index (κ3) is 3.19. The highest BCUT2D eigenvalue weighted by atomic mass is 16.4. The molecule has 0 bridgehead atoms. The van der Waals surface area contributed by atoms with Crippen LogP contribution < -0.4 is 5.32 Å². The SMILES string of the molecule is Cc1nccn1-c1cc(C(=O)NCCC(=O)O)ccn1. The van der Waals surface area contributed by atoms with Crippen LogP contribution in [-0.2, 0) is 4.79 Å². The third-order valence-electron chi connectivity index (χ3n) is 2.70. The largest absolute Gasteiger partial charge is 0.481 e. The van der Waals surface area contributed by atoms with Crippen molar-refractivity contribution in [1.29, 1.82) is 0 Å². The number of aliphatic carboxylic acids is 1. The molecule has 2 N–H and O–H groups in total. The summed E-state index contributed by atoms with van der Waals surface area (Å²) >= 11 is 0. The van der Waals surface area contributed by atoms with Gasteiger partial charge in [-0.05, 0) is 19.1 Å². The molecular formula is C13H14N4O3. The van der Waals surface area contributed by atoms with Crippen LogP contribution in [0.4, 0.5) is 0 Å². The Morgan fingerprint density at radius 1 is 1.35 bits per heavy atom. The van der Waals surface area contributed by atoms with Gasteiger partial charge in [-0.25, -0.2) is 9.97 Å². The molecule has 2 rings (SSSR count). The molecule has 0 saturated carbocycles. The second-order valence-corrected chi connectivity index (χ2v) is 4.15. The Balaban J connectivity index is 2.12. The van der Waals surface area contributed by atoms with Crippen LogP contribution >= 0.6 is 0 Å². The Bertz CT molecular complexity index is 636. The maximum atomic E-state index is 11.9. The summed E-state index contributed by atoms with van der Waals surface area (Å²) in [7, 11) is 0. The van der Waals surface area contributed by atoms with Gasteiger partial charge >= 0.3 is 5.97 Å². The van der Waals surface area contributed by atoms with Crippen molar-refractivity contribution in [2.75, 3.05) is 6.54 Å². The molecule has 0 fully saturated rings. The highest BCUT2D eigenvalue weighted by Gasteiger charge is 2.09. The summed E-state index contributed by atoms with van der Waals surface area (Å²) in [6.45, 7) is 1.93. The minimum Gasteiger partial charge on any atom is -0.481 e. The van der Waals surface area contributed by atoms with Crippen molar-refractivity contribution in [1.82, 2.24) is 19.9 Å². The number of carbonyl (C=O) groups is 2. The Morgan fingerprint density at radius 2 is 2.15 bits per heavy atom. The normalized spacial score (nSPS) is 10.2. The molecule has 0 aromatic carbocycles. The fourth-order valence-electron chi connectivity index (χ4n) is 1.70. The van der Waals surface area contributed by atoms with Gasteiger partial charge in [0.05, 0.1) is 6.42 Å². The van der Waals surface area contributed by atoms with E-state index in [0.717, 1.165) is 5.82 Å². The predicted octanol–water partition coefficient (Wildman–Crippen LogP) is 0.780. The molecule has 7 heteroatoms. The summed E-state index contributed by atoms with van der Waals surface area (Å²) in [5.41, 5.74) is 0.425. The van der Waals surface area contributed by atoms with Crippen LogP contribution in [0.3, 0.4) is 0 Å². The molecule has 104 valence electrons. The first kappa shape index (κ1) is 13.7. The number of rotatable bonds is 5. The maximum Gasteiger partial charge on any atom is 0.305 e. The van der Waals surface area contributed by atoms with Crippen molar-refractivity contribution in [3.8, 4) is 5.82 Å². The Morgan fingerprint density at radius 3 is 2.80 bits per heavy atom. The number of nitrogens with zero attached hydrogens (tertiary/aromatic N) is 3. The Kier molecular flexibility index (Phi) is 4.09. The molecule has 0 saturated heterocycles. The number of carboxylic acids is 1. The lowest BCUT2D eigenvalue weighted by Gasteiger charge is -2.07. The molecule has 0 aliphatic heterocycles. The fraction of sp³-hybridized carbons (Fsp3) is 0.231. The van der Waals surface area contributed by atoms with Gasteiger partial charge in [-0.2, -0.15) is 0 Å². The zero-order valence-corrected chi connectivity index (χ0v) is 10.9. The minimum atomic E-state index is -0.949. The van der Waals surface area contributed by atoms with Crippen molar-refractivity contribution in [3.63, 3.8) is 0 Å². The number of aromatic nitrogens is 3. The van der Waals surface area contributed by atoms with E-state index in [2.05, 4.69) is 15.3 Å². The first-order valence-electron chi connectivity index (χ1n) is 6.04. The van der Waals surface area contributed by atoms with Gasteiger partial charge in [0, 0.05) is 30.7 Å². The fourth-order valence-corrected chi connectivity index (χ4v) is 1.70. The van der Waals surface area contributed by atoms with Crippen molar-refractivity contribution in [3.05, 3.63) is 42.1 Å². The molecule has 20 heavy (non-hydrogen) atoms. The van der Waals surface area contributed by atoms with Crippen molar-refractivity contribution >= 4 is 11.9 Å². The lowest BCUT2D eigenvalue weighted by atomic mass is 10.2. The second-order valence-electron chi connectivity index (χ2n) is 4.15. The molecule has 0 radical (unpaired) electrons. The summed E-state index contributed by atoms with van der Waals surface area (Å²) in [6.07, 6.45) is 4.82. The molecule has 2 heterocycles. The predicted molar refractivity (Wildman–Crippen MR) is 70.7 cm³/mol. The topological polar surface area (TPSA) is 97.1 Å². The van der Waals surface area contributed by atoms with Crippen LogP contribution in [0, 0.1) is 6.92 Å². The van der Waals surface area contributed by atoms with Gasteiger partial charge < -0.3 is 10.4 Å². The highest BCUT2D eigenvalue weighted by Crippen LogP contribution is 2.09. The van der Waals surface area contributed by atoms with E-state index in [9.17, 15) is 9.59 Å². The molecule has 2 aromatic heterocycles. The Labute approximate surface area is 115 Å². The molecular weight excluding hydrogens is 260 g/mol. The van der Waals surface area contributed by atoms with E-state index in [4.69, 9.17) is 5.11 Å². The zero-order valence-electron chi connectivity index (χ0n) is 10.9. The van der Waals surface area contributed by atoms with Gasteiger partial charge in [-0.1, -0.05) is 0 Å². The summed E-state index contributed by atoms with van der Waals surface area (Å²) in [4.78, 5) is 30.5. The maximum absolute atomic E-state index is 11.9. The molecule has 2 aromatic rings. The van der Waals surface area contributed by atoms with Crippen LogP contribution in [0.1, 0.15) is 22.6 Å². The van der Waals surface area contributed by atoms with Gasteiger partial charge in [0.2, 0.25) is 0 Å². The third-order valence-corrected chi connectivity index (χ3v) is 2.70. The lowest BCUT2D eigenvalue weighted by Crippen LogP contribution is -2.26. The van der Waals surface area contributed by atoms with Gasteiger partial charge in [-0.15, -0.1) is 0 Å². The average molecular weight is 274 g/mol. The number of imidazole rings is 1. The number of hydrogen-bond donors (Lipinski definition) is 2. The number of amides is 1. The van der Waals surface area contributed by atoms with Crippen LogP contribution in [0.2, 0.25) is 0 Å². The van der Waals surface area contributed by atoms with Crippen molar-refractivity contribution in [2.24, 2.45) is 0 Å². The quantitative estimate of drug-likeness (QED) is 0.839. The Hall–Kier alpha value is -2.70. The van der Waals surface area contributed by atoms with Gasteiger partial charge in [0.1, 0.15) is 11.6 Å². The summed E-state index contributed by atoms with van der Waals surface area (Å²) in [5, 5.41) is 11.1. The van der Waals surface area contributed by atoms with Crippen LogP contribution in [0.5, 0.6) is 0 Å². The monoisotopic (exact) mass is 274 g/mol. The van der Waals surface area contributed by atoms with Gasteiger partial charge in [-0.3, -0.25) is 14.2 Å². The average Bonchev–Trinajstić information content (AvgIpc) is 2.84. The molecule has 0 aliphatic rings. The van der Waals surface area contributed by atoms with Crippen LogP contribution in [-0.4, -0.2) is 38.1 Å². The summed E-state index contributed by atoms with van der Waals surface area (Å²) in [5.74, 6) is 0.0780. The van der Waals surface area contributed by atoms with E-state index < -0.39 is 5.97 Å². The zero-order chi connectivity index (χ0) is 14.5. The number of aryl methyl sites for hydroxylation is 1. The highest BCUT2D eigenvalue weighted by molar-refractivity contribution is 5.94. The smallest absolute Gasteiger partial charge is 0.305 e. The van der Waals surface area contributed by atoms with E-state index >= 15 is 0 Å². The van der Waals surface area contributed by atoms with Crippen molar-refractivity contribution < 1.29 is 14.7 Å². The molecule has 0 atom stereocenters. The van der Waals surface area contributed by atoms with E-state index in [1.807, 2.05) is 6.92 Å². The minimum absolute atomic E-state index is 0.0932. The molecule has 0 aliphatic carbocycles. The second kappa shape index (κ2) is 5.96. The standard InChI is InChI=1S/C13H14N4O3/c1-9-14-6-7-17(9)11-8-10(2-4-15-11)13(20)16-5-3-12(18)19/h2,4,6-8H,3,5H2,1H3,(H,16,20)(H,18,19). The van der Waals surface area contributed by atoms with E-state index in [0.29, 0.717) is 11.4 Å². The molecule has 0 spiro atoms. The molecule has 1 amide bonds. The molecule has 0 unspecified atom stereocenters. The number of hydrogen-bond acceptors (Lipinski definition) is 4. The van der Waals surface area contributed by atoms with E-state index in [1.165, 1.54) is 6.20 Å². The number of nitrogens with one attached hydrogen (secondary N) is 1. The van der Waals surface area contributed by atoms with Gasteiger partial charge in [0.15, 0.2) is 0 Å². The van der Waals surface area contributed by atoms with Crippen LogP contribution in [0.25, 0.3) is 5.82 Å². The lowest BCUT2D eigenvalue weighted by molar-refractivity contribution is -0.136. The first-order valence-corrected chi connectivity index (χ1v) is 6.04. The number of carboxylic acid groups (broad SMARTS) is 1. The van der Waals surface area contributed by atoms with E-state index in [-0.39, 0.29) is 18.9 Å². The summed E-state index contributed by atoms with van der Waals surface area (Å²) < 4.78 is 1.76. The van der Waals surface area contributed by atoms with Gasteiger partial charge in [0.25, 0.3) is 5.91 Å². The number of carbonyl (C=O) groups excluding carboxylic acids is 1. The number of pyridine rings is 1. The van der Waals surface area contributed by atoms with Crippen LogP contribution in [0.15, 0.2) is 30.7 Å². The first-order chi connectivity index (χ1) is 9.58.